The summed E-state index contributed by atoms with van der Waals surface area (Å²) in [6.07, 6.45) is 7.34. The average Bonchev–Trinajstić information content (AvgIpc) is 2.82. The summed E-state index contributed by atoms with van der Waals surface area (Å²) in [4.78, 5) is 29.1. The molecule has 0 fully saturated rings. The predicted octanol–water partition coefficient (Wildman–Crippen LogP) is 5.93. The molecule has 2 aliphatic carbocycles. The summed E-state index contributed by atoms with van der Waals surface area (Å²) in [5.74, 6) is -0.126. The van der Waals surface area contributed by atoms with Crippen LogP contribution in [-0.4, -0.2) is 11.6 Å². The Bertz CT molecular complexity index is 1290. The Balaban J connectivity index is 1.92. The molecule has 0 aliphatic heterocycles. The summed E-state index contributed by atoms with van der Waals surface area (Å²) in [5, 5.41) is 9.10. The summed E-state index contributed by atoms with van der Waals surface area (Å²) in [5.41, 5.74) is 6.44. The molecule has 0 amide bonds. The van der Waals surface area contributed by atoms with Crippen LogP contribution in [0.25, 0.3) is 16.0 Å². The molecule has 4 rings (SSSR count). The summed E-state index contributed by atoms with van der Waals surface area (Å²) in [6.45, 7) is 10.7. The lowest BCUT2D eigenvalue weighted by Gasteiger charge is -2.19. The summed E-state index contributed by atoms with van der Waals surface area (Å²) in [7, 11) is 0. The molecule has 2 aromatic carbocycles. The van der Waals surface area contributed by atoms with Gasteiger partial charge in [0.1, 0.15) is 0 Å². The number of hydrogen-bond acceptors (Lipinski definition) is 3. The van der Waals surface area contributed by atoms with Crippen molar-refractivity contribution in [2.45, 2.75) is 13.8 Å². The van der Waals surface area contributed by atoms with Crippen molar-refractivity contribution in [1.82, 2.24) is 0 Å². The van der Waals surface area contributed by atoms with E-state index in [2.05, 4.69) is 10.9 Å². The minimum Gasteiger partial charge on any atom is -0.289 e. The van der Waals surface area contributed by atoms with E-state index in [0.717, 1.165) is 11.1 Å². The number of carbonyl (C=O) groups excluding carboxylic acids is 2. The Labute approximate surface area is 186 Å². The zero-order valence-corrected chi connectivity index (χ0v) is 17.6. The maximum absolute atomic E-state index is 13.5. The van der Waals surface area contributed by atoms with Gasteiger partial charge in [-0.25, -0.2) is 4.85 Å². The highest BCUT2D eigenvalue weighted by atomic mass is 16.1. The van der Waals surface area contributed by atoms with Gasteiger partial charge in [-0.15, -0.1) is 0 Å². The van der Waals surface area contributed by atoms with Crippen LogP contribution in [0.3, 0.4) is 0 Å². The maximum atomic E-state index is 13.5. The Morgan fingerprint density at radius 1 is 0.719 bits per heavy atom. The van der Waals surface area contributed by atoms with E-state index in [1.165, 1.54) is 0 Å². The number of nitrogens with zero attached hydrogens (tertiary/aromatic N) is 2. The lowest BCUT2D eigenvalue weighted by Crippen LogP contribution is -2.12. The Hall–Kier alpha value is -4.54. The van der Waals surface area contributed by atoms with Gasteiger partial charge in [-0.1, -0.05) is 36.4 Å². The van der Waals surface area contributed by atoms with Gasteiger partial charge in [-0.2, -0.15) is 5.26 Å². The average molecular weight is 414 g/mol. The van der Waals surface area contributed by atoms with Crippen molar-refractivity contribution in [3.63, 3.8) is 0 Å². The van der Waals surface area contributed by atoms with Gasteiger partial charge >= 0.3 is 0 Å². The molecular formula is C28H18N2O2. The molecule has 0 N–H and O–H groups in total. The van der Waals surface area contributed by atoms with E-state index in [-0.39, 0.29) is 11.6 Å². The molecule has 0 atom stereocenters. The fraction of sp³-hybridized carbons (Fsp3) is 0.0714. The number of ketones is 2. The van der Waals surface area contributed by atoms with Crippen LogP contribution in [0.15, 0.2) is 95.1 Å². The van der Waals surface area contributed by atoms with Crippen LogP contribution in [0.4, 0.5) is 5.69 Å². The smallest absolute Gasteiger partial charge is 0.194 e. The molecular weight excluding hydrogens is 396 g/mol. The van der Waals surface area contributed by atoms with Crippen molar-refractivity contribution in [3.05, 3.63) is 123 Å². The van der Waals surface area contributed by atoms with E-state index < -0.39 is 0 Å². The van der Waals surface area contributed by atoms with Crippen molar-refractivity contribution in [3.8, 4) is 6.07 Å². The molecule has 0 saturated heterocycles. The fourth-order valence-corrected chi connectivity index (χ4v) is 3.78. The van der Waals surface area contributed by atoms with Crippen LogP contribution in [0.1, 0.15) is 30.5 Å². The van der Waals surface area contributed by atoms with Crippen molar-refractivity contribution in [2.24, 2.45) is 0 Å². The predicted molar refractivity (Wildman–Crippen MR) is 124 cm³/mol. The monoisotopic (exact) mass is 414 g/mol. The van der Waals surface area contributed by atoms with Gasteiger partial charge < -0.3 is 0 Å². The molecule has 0 bridgehead atoms. The van der Waals surface area contributed by atoms with E-state index in [1.807, 2.05) is 24.3 Å². The number of allylic oxidation sites excluding steroid dienone is 10. The second-order valence-electron chi connectivity index (χ2n) is 7.69. The molecule has 0 heterocycles. The van der Waals surface area contributed by atoms with E-state index in [0.29, 0.717) is 44.7 Å². The zero-order chi connectivity index (χ0) is 22.8. The van der Waals surface area contributed by atoms with Gasteiger partial charge in [-0.05, 0) is 83.7 Å². The fourth-order valence-electron chi connectivity index (χ4n) is 3.78. The van der Waals surface area contributed by atoms with Gasteiger partial charge in [-0.3, -0.25) is 9.59 Å². The van der Waals surface area contributed by atoms with Crippen molar-refractivity contribution in [1.29, 1.82) is 5.26 Å². The number of Topliss-reactive ketones (excluding diaryl/α,β-unsaturated/α-hetero) is 2. The first-order chi connectivity index (χ1) is 15.4. The third-order valence-corrected chi connectivity index (χ3v) is 5.52. The van der Waals surface area contributed by atoms with Crippen LogP contribution in [0.5, 0.6) is 0 Å². The molecule has 2 aromatic rings. The molecule has 152 valence electrons. The van der Waals surface area contributed by atoms with Crippen molar-refractivity contribution < 1.29 is 9.59 Å². The SMILES string of the molecule is [C-]#[N+]c1ccc(C2=CC(=C3C=C(C)C(=O)C(C)=C3)C=C(c3ccc(C#N)cc3)C2=O)cc1. The molecule has 0 aromatic heterocycles. The molecule has 0 saturated carbocycles. The van der Waals surface area contributed by atoms with E-state index in [4.69, 9.17) is 11.8 Å². The lowest BCUT2D eigenvalue weighted by atomic mass is 9.83. The quantitative estimate of drug-likeness (QED) is 0.572. The van der Waals surface area contributed by atoms with Crippen molar-refractivity contribution >= 4 is 28.4 Å². The summed E-state index contributed by atoms with van der Waals surface area (Å²) >= 11 is 0. The molecule has 2 aliphatic rings. The molecule has 4 nitrogen and oxygen atoms in total. The van der Waals surface area contributed by atoms with Gasteiger partial charge in [0.25, 0.3) is 0 Å². The first kappa shape index (κ1) is 20.7. The third-order valence-electron chi connectivity index (χ3n) is 5.52. The first-order valence-corrected chi connectivity index (χ1v) is 10.0. The lowest BCUT2D eigenvalue weighted by molar-refractivity contribution is -0.112. The number of rotatable bonds is 2. The van der Waals surface area contributed by atoms with Crippen LogP contribution >= 0.6 is 0 Å². The normalized spacial score (nSPS) is 15.9. The molecule has 32 heavy (non-hydrogen) atoms. The molecule has 0 radical (unpaired) electrons. The number of benzene rings is 2. The summed E-state index contributed by atoms with van der Waals surface area (Å²) in [6, 6.07) is 15.9. The minimum absolute atomic E-state index is 0.0106. The van der Waals surface area contributed by atoms with E-state index >= 15 is 0 Å². The Kier molecular flexibility index (Phi) is 5.37. The van der Waals surface area contributed by atoms with Crippen LogP contribution in [0, 0.1) is 17.9 Å². The highest BCUT2D eigenvalue weighted by Gasteiger charge is 2.25. The second-order valence-corrected chi connectivity index (χ2v) is 7.69. The minimum atomic E-state index is -0.136. The van der Waals surface area contributed by atoms with Crippen molar-refractivity contribution in [2.75, 3.05) is 0 Å². The van der Waals surface area contributed by atoms with E-state index in [1.54, 1.807) is 62.4 Å². The van der Waals surface area contributed by atoms with Gasteiger partial charge in [0, 0.05) is 11.1 Å². The first-order valence-electron chi connectivity index (χ1n) is 10.0. The topological polar surface area (TPSA) is 62.3 Å². The molecule has 0 unspecified atom stereocenters. The van der Waals surface area contributed by atoms with Gasteiger partial charge in [0.15, 0.2) is 17.3 Å². The number of carbonyl (C=O) groups is 2. The molecule has 0 spiro atoms. The molecule has 4 heteroatoms. The van der Waals surface area contributed by atoms with Crippen LogP contribution < -0.4 is 0 Å². The standard InChI is InChI=1S/C28H18N2O2/c1-17-12-22(13-18(2)27(17)31)23-14-25(20-6-4-19(16-29)5-7-20)28(32)26(15-23)21-8-10-24(30-3)11-9-21/h4-15H,1-2H3. The Morgan fingerprint density at radius 3 is 1.66 bits per heavy atom. The summed E-state index contributed by atoms with van der Waals surface area (Å²) < 4.78 is 0. The third kappa shape index (κ3) is 3.78. The van der Waals surface area contributed by atoms with Gasteiger partial charge in [0.05, 0.1) is 18.2 Å². The number of hydrogen-bond donors (Lipinski definition) is 0. The Morgan fingerprint density at radius 2 is 1.19 bits per heavy atom. The largest absolute Gasteiger partial charge is 0.289 e. The highest BCUT2D eigenvalue weighted by Crippen LogP contribution is 2.35. The second kappa shape index (κ2) is 8.30. The highest BCUT2D eigenvalue weighted by molar-refractivity contribution is 6.44. The van der Waals surface area contributed by atoms with Gasteiger partial charge in [0.2, 0.25) is 0 Å². The maximum Gasteiger partial charge on any atom is 0.194 e. The van der Waals surface area contributed by atoms with Crippen LogP contribution in [-0.2, 0) is 9.59 Å². The van der Waals surface area contributed by atoms with E-state index in [9.17, 15) is 9.59 Å². The van der Waals surface area contributed by atoms with Crippen LogP contribution in [0.2, 0.25) is 0 Å². The zero-order valence-electron chi connectivity index (χ0n) is 17.6. The number of nitriles is 1.